The van der Waals surface area contributed by atoms with Gasteiger partial charge in [-0.1, -0.05) is 19.1 Å². The molecule has 1 saturated heterocycles. The number of nitrogens with zero attached hydrogens (tertiary/aromatic N) is 2. The quantitative estimate of drug-likeness (QED) is 0.871. The van der Waals surface area contributed by atoms with E-state index < -0.39 is 0 Å². The molecule has 0 saturated carbocycles. The molecule has 0 amide bonds. The molecule has 0 bridgehead atoms. The minimum Gasteiger partial charge on any atom is -0.497 e. The first kappa shape index (κ1) is 16.3. The van der Waals surface area contributed by atoms with Gasteiger partial charge in [-0.3, -0.25) is 9.80 Å². The fraction of sp³-hybridized carbons (Fsp3) is 0.647. The Hall–Kier alpha value is -1.10. The minimum absolute atomic E-state index is 0.188. The van der Waals surface area contributed by atoms with Crippen LogP contribution in [0.15, 0.2) is 24.3 Å². The Bertz CT molecular complexity index is 431. The van der Waals surface area contributed by atoms with E-state index in [-0.39, 0.29) is 6.10 Å². The van der Waals surface area contributed by atoms with Crippen LogP contribution >= 0.6 is 0 Å². The molecule has 0 aliphatic carbocycles. The number of ether oxygens (including phenoxy) is 1. The number of β-amino-alcohol motifs (C(OH)–C–C–N with tert-alkyl or cyclic N) is 1. The summed E-state index contributed by atoms with van der Waals surface area (Å²) in [5.74, 6) is 0.920. The van der Waals surface area contributed by atoms with Crippen LogP contribution in [0, 0.1) is 0 Å². The summed E-state index contributed by atoms with van der Waals surface area (Å²) < 4.78 is 5.31. The summed E-state index contributed by atoms with van der Waals surface area (Å²) in [4.78, 5) is 4.87. The predicted molar refractivity (Wildman–Crippen MR) is 85.7 cm³/mol. The first-order chi connectivity index (χ1) is 10.1. The normalized spacial score (nSPS) is 20.2. The summed E-state index contributed by atoms with van der Waals surface area (Å²) in [7, 11) is 1.71. The zero-order valence-corrected chi connectivity index (χ0v) is 13.5. The fourth-order valence-electron chi connectivity index (χ4n) is 2.87. The van der Waals surface area contributed by atoms with Crippen molar-refractivity contribution in [3.63, 3.8) is 0 Å². The first-order valence-corrected chi connectivity index (χ1v) is 7.92. The van der Waals surface area contributed by atoms with Gasteiger partial charge in [0.15, 0.2) is 0 Å². The second-order valence-electron chi connectivity index (χ2n) is 5.85. The maximum absolute atomic E-state index is 9.75. The zero-order valence-electron chi connectivity index (χ0n) is 13.5. The largest absolute Gasteiger partial charge is 0.497 e. The highest BCUT2D eigenvalue weighted by atomic mass is 16.5. The van der Waals surface area contributed by atoms with Crippen LogP contribution in [-0.4, -0.2) is 60.8 Å². The number of aliphatic hydroxyl groups is 1. The third-order valence-electron chi connectivity index (χ3n) is 4.47. The molecule has 118 valence electrons. The number of aliphatic hydroxyl groups excluding tert-OH is 1. The topological polar surface area (TPSA) is 35.9 Å². The van der Waals surface area contributed by atoms with Crippen molar-refractivity contribution in [3.05, 3.63) is 29.8 Å². The van der Waals surface area contributed by atoms with Gasteiger partial charge in [-0.25, -0.2) is 0 Å². The Morgan fingerprint density at radius 2 is 1.95 bits per heavy atom. The van der Waals surface area contributed by atoms with E-state index in [1.165, 1.54) is 5.56 Å². The van der Waals surface area contributed by atoms with E-state index in [1.54, 1.807) is 7.11 Å². The molecule has 21 heavy (non-hydrogen) atoms. The lowest BCUT2D eigenvalue weighted by Gasteiger charge is -2.38. The van der Waals surface area contributed by atoms with Crippen molar-refractivity contribution in [1.82, 2.24) is 9.80 Å². The van der Waals surface area contributed by atoms with Crippen LogP contribution in [-0.2, 0) is 0 Å². The molecule has 1 fully saturated rings. The molecule has 1 N–H and O–H groups in total. The van der Waals surface area contributed by atoms with E-state index in [2.05, 4.69) is 34.9 Å². The van der Waals surface area contributed by atoms with Crippen molar-refractivity contribution >= 4 is 0 Å². The highest BCUT2D eigenvalue weighted by Gasteiger charge is 2.23. The van der Waals surface area contributed by atoms with Crippen LogP contribution in [0.3, 0.4) is 0 Å². The van der Waals surface area contributed by atoms with E-state index >= 15 is 0 Å². The second-order valence-corrected chi connectivity index (χ2v) is 5.85. The molecule has 0 aromatic heterocycles. The average Bonchev–Trinajstić information content (AvgIpc) is 2.54. The lowest BCUT2D eigenvalue weighted by molar-refractivity contribution is 0.0579. The number of rotatable bonds is 6. The van der Waals surface area contributed by atoms with E-state index in [0.29, 0.717) is 6.04 Å². The maximum Gasteiger partial charge on any atom is 0.119 e. The highest BCUT2D eigenvalue weighted by Crippen LogP contribution is 2.24. The summed E-state index contributed by atoms with van der Waals surface area (Å²) >= 11 is 0. The van der Waals surface area contributed by atoms with Gasteiger partial charge in [-0.15, -0.1) is 0 Å². The molecule has 1 heterocycles. The molecule has 1 unspecified atom stereocenters. The van der Waals surface area contributed by atoms with Gasteiger partial charge < -0.3 is 9.84 Å². The van der Waals surface area contributed by atoms with Crippen molar-refractivity contribution in [2.45, 2.75) is 32.4 Å². The van der Waals surface area contributed by atoms with E-state index in [1.807, 2.05) is 13.0 Å². The Labute approximate surface area is 128 Å². The van der Waals surface area contributed by atoms with Gasteiger partial charge in [0.05, 0.1) is 13.2 Å². The molecule has 0 spiro atoms. The maximum atomic E-state index is 9.75. The highest BCUT2D eigenvalue weighted by molar-refractivity contribution is 5.30. The zero-order chi connectivity index (χ0) is 15.2. The van der Waals surface area contributed by atoms with Gasteiger partial charge in [-0.05, 0) is 31.0 Å². The van der Waals surface area contributed by atoms with Crippen molar-refractivity contribution in [2.24, 2.45) is 0 Å². The molecule has 1 aromatic rings. The molecule has 2 rings (SSSR count). The third-order valence-corrected chi connectivity index (χ3v) is 4.47. The van der Waals surface area contributed by atoms with Crippen LogP contribution in [0.5, 0.6) is 5.75 Å². The molecule has 2 atom stereocenters. The standard InChI is InChI=1S/C17H28N2O2/c1-4-16(20)13-18-8-10-19(11-9-18)14(2)15-6-5-7-17(12-15)21-3/h5-7,12,14,16,20H,4,8-11,13H2,1-3H3/t14?,16-/m1/s1. The molecule has 0 radical (unpaired) electrons. The van der Waals surface area contributed by atoms with Crippen LogP contribution in [0.1, 0.15) is 31.9 Å². The molecule has 1 aliphatic rings. The number of benzene rings is 1. The third kappa shape index (κ3) is 4.43. The van der Waals surface area contributed by atoms with Crippen molar-refractivity contribution in [2.75, 3.05) is 39.8 Å². The number of hydrogen-bond acceptors (Lipinski definition) is 4. The average molecular weight is 292 g/mol. The summed E-state index contributed by atoms with van der Waals surface area (Å²) in [5.41, 5.74) is 1.30. The van der Waals surface area contributed by atoms with Crippen LogP contribution in [0.25, 0.3) is 0 Å². The second kappa shape index (κ2) is 7.78. The SMILES string of the molecule is CC[C@@H](O)CN1CCN(C(C)c2cccc(OC)c2)CC1. The lowest BCUT2D eigenvalue weighted by Crippen LogP contribution is -2.49. The van der Waals surface area contributed by atoms with Gasteiger partial charge in [0, 0.05) is 38.8 Å². The first-order valence-electron chi connectivity index (χ1n) is 7.92. The van der Waals surface area contributed by atoms with Crippen molar-refractivity contribution in [1.29, 1.82) is 0 Å². The molecule has 1 aromatic carbocycles. The Balaban J connectivity index is 1.89. The van der Waals surface area contributed by atoms with Crippen LogP contribution in [0.2, 0.25) is 0 Å². The smallest absolute Gasteiger partial charge is 0.119 e. The molecule has 4 nitrogen and oxygen atoms in total. The van der Waals surface area contributed by atoms with E-state index in [9.17, 15) is 5.11 Å². The number of methoxy groups -OCH3 is 1. The van der Waals surface area contributed by atoms with Gasteiger partial charge in [0.25, 0.3) is 0 Å². The lowest BCUT2D eigenvalue weighted by atomic mass is 10.1. The van der Waals surface area contributed by atoms with Gasteiger partial charge in [-0.2, -0.15) is 0 Å². The van der Waals surface area contributed by atoms with Crippen LogP contribution in [0.4, 0.5) is 0 Å². The van der Waals surface area contributed by atoms with Crippen LogP contribution < -0.4 is 4.74 Å². The van der Waals surface area contributed by atoms with Crippen molar-refractivity contribution < 1.29 is 9.84 Å². The van der Waals surface area contributed by atoms with E-state index in [0.717, 1.165) is 44.9 Å². The number of hydrogen-bond donors (Lipinski definition) is 1. The monoisotopic (exact) mass is 292 g/mol. The summed E-state index contributed by atoms with van der Waals surface area (Å²) in [6.07, 6.45) is 0.646. The Kier molecular flexibility index (Phi) is 6.03. The van der Waals surface area contributed by atoms with Gasteiger partial charge >= 0.3 is 0 Å². The summed E-state index contributed by atoms with van der Waals surface area (Å²) in [6, 6.07) is 8.73. The molecular formula is C17H28N2O2. The van der Waals surface area contributed by atoms with E-state index in [4.69, 9.17) is 4.74 Å². The fourth-order valence-corrected chi connectivity index (χ4v) is 2.87. The molecule has 1 aliphatic heterocycles. The van der Waals surface area contributed by atoms with Crippen molar-refractivity contribution in [3.8, 4) is 5.75 Å². The van der Waals surface area contributed by atoms with Gasteiger partial charge in [0.1, 0.15) is 5.75 Å². The molecular weight excluding hydrogens is 264 g/mol. The number of piperazine rings is 1. The summed E-state index contributed by atoms with van der Waals surface area (Å²) in [6.45, 7) is 9.26. The Morgan fingerprint density at radius 1 is 1.24 bits per heavy atom. The minimum atomic E-state index is -0.188. The van der Waals surface area contributed by atoms with Gasteiger partial charge in [0.2, 0.25) is 0 Å². The predicted octanol–water partition coefficient (Wildman–Crippen LogP) is 2.14. The molecule has 4 heteroatoms. The summed E-state index contributed by atoms with van der Waals surface area (Å²) in [5, 5.41) is 9.75. The Morgan fingerprint density at radius 3 is 2.57 bits per heavy atom.